The van der Waals surface area contributed by atoms with Gasteiger partial charge in [-0.1, -0.05) is 75.5 Å². The molecule has 1 aliphatic heterocycles. The molecule has 32 heavy (non-hydrogen) atoms. The topological polar surface area (TPSA) is 7.12 Å². The van der Waals surface area contributed by atoms with E-state index in [1.54, 1.807) is 5.56 Å². The summed E-state index contributed by atoms with van der Waals surface area (Å²) in [6.07, 6.45) is 5.36. The van der Waals surface area contributed by atoms with Crippen molar-refractivity contribution in [1.29, 1.82) is 0 Å². The van der Waals surface area contributed by atoms with Crippen molar-refractivity contribution < 1.29 is 4.57 Å². The average molecular weight is 423 g/mol. The van der Waals surface area contributed by atoms with Crippen LogP contribution in [0.3, 0.4) is 0 Å². The third-order valence-corrected chi connectivity index (χ3v) is 7.81. The molecule has 0 bridgehead atoms. The van der Waals surface area contributed by atoms with Crippen LogP contribution >= 0.6 is 0 Å². The lowest BCUT2D eigenvalue weighted by Crippen LogP contribution is -2.65. The van der Waals surface area contributed by atoms with Crippen molar-refractivity contribution in [2.24, 2.45) is 12.5 Å². The maximum Gasteiger partial charge on any atom is 0.399 e. The van der Waals surface area contributed by atoms with E-state index in [0.29, 0.717) is 5.92 Å². The van der Waals surface area contributed by atoms with Crippen molar-refractivity contribution in [3.05, 3.63) is 70.6 Å². The molecule has 0 atom stereocenters. The molecule has 2 aromatic carbocycles. The highest BCUT2D eigenvalue weighted by molar-refractivity contribution is 6.86. The first-order valence-corrected chi connectivity index (χ1v) is 12.2. The molecule has 2 heterocycles. The first-order chi connectivity index (χ1) is 15.3. The number of para-hydroxylation sites is 1. The molecule has 1 aromatic heterocycles. The van der Waals surface area contributed by atoms with Gasteiger partial charge in [-0.2, -0.15) is 0 Å². The number of pyridine rings is 1. The summed E-state index contributed by atoms with van der Waals surface area (Å²) in [5, 5.41) is 4.22. The minimum atomic E-state index is 0.0630. The molecule has 0 spiro atoms. The fourth-order valence-corrected chi connectivity index (χ4v) is 6.46. The van der Waals surface area contributed by atoms with Gasteiger partial charge in [-0.15, -0.1) is 0 Å². The second-order valence-electron chi connectivity index (χ2n) is 10.9. The monoisotopic (exact) mass is 423 g/mol. The average Bonchev–Trinajstić information content (AvgIpc) is 3.29. The molecule has 0 radical (unpaired) electrons. The van der Waals surface area contributed by atoms with E-state index in [9.17, 15) is 0 Å². The van der Waals surface area contributed by atoms with Crippen LogP contribution in [0.2, 0.25) is 0 Å². The molecule has 5 rings (SSSR count). The highest BCUT2D eigenvalue weighted by Crippen LogP contribution is 2.37. The van der Waals surface area contributed by atoms with E-state index in [4.69, 9.17) is 0 Å². The first kappa shape index (κ1) is 21.3. The van der Waals surface area contributed by atoms with E-state index in [1.807, 2.05) is 0 Å². The zero-order chi connectivity index (χ0) is 22.6. The molecule has 0 amide bonds. The molecule has 1 saturated carbocycles. The molecular formula is C29H36BN2+. The van der Waals surface area contributed by atoms with Gasteiger partial charge < -0.3 is 4.81 Å². The summed E-state index contributed by atoms with van der Waals surface area (Å²) in [6, 6.07) is 20.6. The minimum Gasteiger partial charge on any atom is -0.407 e. The summed E-state index contributed by atoms with van der Waals surface area (Å²) in [5.74, 6) is 0.687. The molecule has 1 aliphatic carbocycles. The van der Waals surface area contributed by atoms with Crippen molar-refractivity contribution in [3.63, 3.8) is 0 Å². The van der Waals surface area contributed by atoms with Gasteiger partial charge >= 0.3 is 6.85 Å². The van der Waals surface area contributed by atoms with Gasteiger partial charge in [0.1, 0.15) is 7.05 Å². The first-order valence-electron chi connectivity index (χ1n) is 12.2. The smallest absolute Gasteiger partial charge is 0.399 e. The molecule has 164 valence electrons. The normalized spacial score (nSPS) is 17.4. The molecule has 0 N–H and O–H groups in total. The molecule has 3 heteroatoms. The fourth-order valence-electron chi connectivity index (χ4n) is 6.46. The third kappa shape index (κ3) is 3.29. The van der Waals surface area contributed by atoms with E-state index in [2.05, 4.69) is 106 Å². The van der Waals surface area contributed by atoms with Crippen LogP contribution in [-0.4, -0.2) is 18.7 Å². The molecule has 2 nitrogen and oxygen atoms in total. The number of aromatic nitrogens is 1. The molecule has 0 saturated heterocycles. The quantitative estimate of drug-likeness (QED) is 0.446. The predicted molar refractivity (Wildman–Crippen MR) is 137 cm³/mol. The summed E-state index contributed by atoms with van der Waals surface area (Å²) in [7, 11) is 4.56. The number of rotatable bonds is 2. The zero-order valence-corrected chi connectivity index (χ0v) is 20.6. The molecule has 0 unspecified atom stereocenters. The van der Waals surface area contributed by atoms with Crippen molar-refractivity contribution in [2.75, 3.05) is 7.05 Å². The van der Waals surface area contributed by atoms with Crippen molar-refractivity contribution in [3.8, 4) is 0 Å². The van der Waals surface area contributed by atoms with Crippen LogP contribution in [-0.2, 0) is 7.05 Å². The maximum atomic E-state index is 2.56. The molecular weight excluding hydrogens is 387 g/mol. The van der Waals surface area contributed by atoms with Gasteiger partial charge in [0.05, 0.1) is 0 Å². The molecule has 3 aromatic rings. The standard InChI is InChI=1S/C29H36BN2/c1-20-22-15-9-10-17-24(22)28(29(2,3)4)32(6)30(20)27-19-25(21-13-7-8-14-21)23-16-11-12-18-26(23)31(27)5/h9-12,15-19,21H,7-8,13-14H2,1-6H3/q+1. The van der Waals surface area contributed by atoms with Crippen LogP contribution in [0.5, 0.6) is 0 Å². The van der Waals surface area contributed by atoms with Gasteiger partial charge in [-0.3, -0.25) is 0 Å². The Hall–Kier alpha value is -2.55. The summed E-state index contributed by atoms with van der Waals surface area (Å²) < 4.78 is 2.45. The van der Waals surface area contributed by atoms with Crippen molar-refractivity contribution in [1.82, 2.24) is 4.81 Å². The van der Waals surface area contributed by atoms with Crippen LogP contribution in [0.1, 0.15) is 64.9 Å². The highest BCUT2D eigenvalue weighted by Gasteiger charge is 2.41. The summed E-state index contributed by atoms with van der Waals surface area (Å²) in [6.45, 7) is 9.60. The Labute approximate surface area is 193 Å². The summed E-state index contributed by atoms with van der Waals surface area (Å²) in [5.41, 5.74) is 7.25. The van der Waals surface area contributed by atoms with Crippen molar-refractivity contribution in [2.45, 2.75) is 59.3 Å². The van der Waals surface area contributed by atoms with Crippen LogP contribution in [0.4, 0.5) is 0 Å². The lowest BCUT2D eigenvalue weighted by Gasteiger charge is -2.39. The summed E-state index contributed by atoms with van der Waals surface area (Å²) >= 11 is 0. The van der Waals surface area contributed by atoms with Crippen LogP contribution < -0.4 is 20.6 Å². The van der Waals surface area contributed by atoms with E-state index in [-0.39, 0.29) is 12.3 Å². The van der Waals surface area contributed by atoms with Gasteiger partial charge in [0.2, 0.25) is 5.52 Å². The Bertz CT molecular complexity index is 1310. The van der Waals surface area contributed by atoms with Gasteiger partial charge in [0, 0.05) is 28.6 Å². The Morgan fingerprint density at radius 3 is 2.25 bits per heavy atom. The minimum absolute atomic E-state index is 0.0630. The van der Waals surface area contributed by atoms with Crippen LogP contribution in [0, 0.1) is 5.41 Å². The Balaban J connectivity index is 1.81. The number of hydrogen-bond donors (Lipinski definition) is 0. The Morgan fingerprint density at radius 2 is 1.56 bits per heavy atom. The second kappa shape index (κ2) is 7.80. The third-order valence-electron chi connectivity index (χ3n) is 7.81. The fraction of sp³-hybridized carbons (Fsp3) is 0.414. The number of nitrogens with zero attached hydrogens (tertiary/aromatic N) is 2. The lowest BCUT2D eigenvalue weighted by molar-refractivity contribution is -0.627. The van der Waals surface area contributed by atoms with Crippen LogP contribution in [0.15, 0.2) is 54.6 Å². The van der Waals surface area contributed by atoms with E-state index >= 15 is 0 Å². The van der Waals surface area contributed by atoms with Gasteiger partial charge in [0.15, 0.2) is 5.59 Å². The lowest BCUT2D eigenvalue weighted by atomic mass is 9.48. The van der Waals surface area contributed by atoms with Crippen LogP contribution in [0.25, 0.3) is 22.1 Å². The summed E-state index contributed by atoms with van der Waals surface area (Å²) in [4.78, 5) is 2.56. The predicted octanol–water partition coefficient (Wildman–Crippen LogP) is 4.03. The number of benzene rings is 2. The Kier molecular flexibility index (Phi) is 5.19. The largest absolute Gasteiger partial charge is 0.407 e. The van der Waals surface area contributed by atoms with E-state index in [0.717, 1.165) is 0 Å². The number of hydrogen-bond acceptors (Lipinski definition) is 1. The second-order valence-corrected chi connectivity index (χ2v) is 10.9. The number of fused-ring (bicyclic) bond motifs is 2. The van der Waals surface area contributed by atoms with E-state index < -0.39 is 0 Å². The maximum absolute atomic E-state index is 2.56. The molecule has 1 fully saturated rings. The number of aryl methyl sites for hydroxylation is 1. The SMILES string of the molecule is CC1=c2ccccc2=C(C(C)(C)C)N(C)B1c1cc(C2CCCC2)c2ccccc2[n+]1C. The van der Waals surface area contributed by atoms with Gasteiger partial charge in [-0.05, 0) is 54.8 Å². The van der Waals surface area contributed by atoms with E-state index in [1.165, 1.54) is 63.8 Å². The van der Waals surface area contributed by atoms with Gasteiger partial charge in [0.25, 0.3) is 0 Å². The Morgan fingerprint density at radius 1 is 0.938 bits per heavy atom. The zero-order valence-electron chi connectivity index (χ0n) is 20.6. The highest BCUT2D eigenvalue weighted by atomic mass is 15.1. The van der Waals surface area contributed by atoms with Gasteiger partial charge in [-0.25, -0.2) is 4.57 Å². The van der Waals surface area contributed by atoms with Crippen molar-refractivity contribution >= 4 is 34.5 Å². The molecule has 2 aliphatic rings.